The van der Waals surface area contributed by atoms with Gasteiger partial charge in [0, 0.05) is 45.8 Å². The van der Waals surface area contributed by atoms with Gasteiger partial charge in [-0.3, -0.25) is 9.89 Å². The number of hydrogen-bond acceptors (Lipinski definition) is 5. The number of nitrogens with one attached hydrogen (secondary N) is 1. The number of benzene rings is 1. The maximum Gasteiger partial charge on any atom is 0.231 e. The normalized spacial score (nSPS) is 17.1. The molecule has 0 aromatic heterocycles. The lowest BCUT2D eigenvalue weighted by Crippen LogP contribution is -2.52. The zero-order valence-corrected chi connectivity index (χ0v) is 19.0. The molecule has 0 bridgehead atoms. The van der Waals surface area contributed by atoms with Gasteiger partial charge in [0.1, 0.15) is 0 Å². The van der Waals surface area contributed by atoms with Crippen LogP contribution in [-0.4, -0.2) is 86.4 Å². The van der Waals surface area contributed by atoms with Gasteiger partial charge in [-0.2, -0.15) is 0 Å². The summed E-state index contributed by atoms with van der Waals surface area (Å²) in [6, 6.07) is 6.27. The Morgan fingerprint density at radius 3 is 2.53 bits per heavy atom. The van der Waals surface area contributed by atoms with Gasteiger partial charge in [0.15, 0.2) is 17.5 Å². The Labute approximate surface area is 182 Å². The van der Waals surface area contributed by atoms with Gasteiger partial charge in [0.25, 0.3) is 0 Å². The second kappa shape index (κ2) is 12.0. The van der Waals surface area contributed by atoms with Crippen LogP contribution < -0.4 is 14.8 Å². The number of unbranched alkanes of at least 4 members (excludes halogenated alkanes) is 1. The van der Waals surface area contributed by atoms with Gasteiger partial charge in [-0.25, -0.2) is 0 Å². The molecular formula is C23H39N5O2. The first kappa shape index (κ1) is 22.7. The number of fused-ring (bicyclic) bond motifs is 1. The number of guanidine groups is 1. The molecular weight excluding hydrogens is 378 g/mol. The first-order chi connectivity index (χ1) is 14.7. The summed E-state index contributed by atoms with van der Waals surface area (Å²) in [6.07, 6.45) is 2.36. The van der Waals surface area contributed by atoms with Crippen molar-refractivity contribution >= 4 is 5.96 Å². The monoisotopic (exact) mass is 417 g/mol. The molecule has 1 aromatic rings. The summed E-state index contributed by atoms with van der Waals surface area (Å²) in [7, 11) is 0. The maximum absolute atomic E-state index is 5.51. The van der Waals surface area contributed by atoms with Gasteiger partial charge >= 0.3 is 0 Å². The highest BCUT2D eigenvalue weighted by Crippen LogP contribution is 2.32. The van der Waals surface area contributed by atoms with Gasteiger partial charge in [0.2, 0.25) is 6.79 Å². The SMILES string of the molecule is CCNC(=NCCCCN(CC)CC)N1CCN(Cc2ccc3c(c2)OCO3)CC1. The van der Waals surface area contributed by atoms with Crippen molar-refractivity contribution in [3.05, 3.63) is 23.8 Å². The number of aliphatic imine (C=N–C) groups is 1. The molecule has 0 amide bonds. The molecule has 1 saturated heterocycles. The molecule has 7 nitrogen and oxygen atoms in total. The Morgan fingerprint density at radius 1 is 1.03 bits per heavy atom. The van der Waals surface area contributed by atoms with Gasteiger partial charge in [-0.1, -0.05) is 19.9 Å². The van der Waals surface area contributed by atoms with Crippen LogP contribution in [0.4, 0.5) is 0 Å². The van der Waals surface area contributed by atoms with E-state index >= 15 is 0 Å². The van der Waals surface area contributed by atoms with Crippen molar-refractivity contribution < 1.29 is 9.47 Å². The molecule has 0 spiro atoms. The van der Waals surface area contributed by atoms with Crippen LogP contribution in [0.15, 0.2) is 23.2 Å². The molecule has 30 heavy (non-hydrogen) atoms. The van der Waals surface area contributed by atoms with Crippen LogP contribution in [0.25, 0.3) is 0 Å². The van der Waals surface area contributed by atoms with Crippen molar-refractivity contribution in [2.24, 2.45) is 4.99 Å². The fourth-order valence-electron chi connectivity index (χ4n) is 4.01. The lowest BCUT2D eigenvalue weighted by molar-refractivity contribution is 0.171. The molecule has 1 N–H and O–H groups in total. The minimum absolute atomic E-state index is 0.333. The molecule has 2 heterocycles. The van der Waals surface area contributed by atoms with Gasteiger partial charge in [-0.05, 0) is 57.1 Å². The summed E-state index contributed by atoms with van der Waals surface area (Å²) < 4.78 is 10.9. The second-order valence-electron chi connectivity index (χ2n) is 7.92. The average molecular weight is 418 g/mol. The fraction of sp³-hybridized carbons (Fsp3) is 0.696. The Morgan fingerprint density at radius 2 is 1.80 bits per heavy atom. The molecule has 1 fully saturated rings. The second-order valence-corrected chi connectivity index (χ2v) is 7.92. The number of hydrogen-bond donors (Lipinski definition) is 1. The van der Waals surface area contributed by atoms with E-state index in [2.05, 4.69) is 52.9 Å². The summed E-state index contributed by atoms with van der Waals surface area (Å²) in [5.41, 5.74) is 1.28. The summed E-state index contributed by atoms with van der Waals surface area (Å²) >= 11 is 0. The van der Waals surface area contributed by atoms with Crippen LogP contribution in [-0.2, 0) is 6.54 Å². The topological polar surface area (TPSA) is 52.6 Å². The number of nitrogens with zero attached hydrogens (tertiary/aromatic N) is 4. The highest BCUT2D eigenvalue weighted by molar-refractivity contribution is 5.80. The van der Waals surface area contributed by atoms with E-state index in [-0.39, 0.29) is 0 Å². The molecule has 0 radical (unpaired) electrons. The van der Waals surface area contributed by atoms with E-state index in [1.54, 1.807) is 0 Å². The van der Waals surface area contributed by atoms with Crippen LogP contribution in [0.3, 0.4) is 0 Å². The predicted molar refractivity (Wildman–Crippen MR) is 122 cm³/mol. The van der Waals surface area contributed by atoms with Gasteiger partial charge in [0.05, 0.1) is 0 Å². The molecule has 0 unspecified atom stereocenters. The Bertz CT molecular complexity index is 670. The van der Waals surface area contributed by atoms with E-state index in [0.29, 0.717) is 6.79 Å². The minimum Gasteiger partial charge on any atom is -0.454 e. The fourth-order valence-corrected chi connectivity index (χ4v) is 4.01. The van der Waals surface area contributed by atoms with Crippen molar-refractivity contribution in [2.75, 3.05) is 65.7 Å². The highest BCUT2D eigenvalue weighted by atomic mass is 16.7. The maximum atomic E-state index is 5.51. The third-order valence-corrected chi connectivity index (χ3v) is 5.89. The lowest BCUT2D eigenvalue weighted by Gasteiger charge is -2.36. The number of ether oxygens (including phenoxy) is 2. The van der Waals surface area contributed by atoms with Crippen LogP contribution >= 0.6 is 0 Å². The number of piperazine rings is 1. The van der Waals surface area contributed by atoms with Crippen LogP contribution in [0, 0.1) is 0 Å². The third-order valence-electron chi connectivity index (χ3n) is 5.89. The summed E-state index contributed by atoms with van der Waals surface area (Å²) in [4.78, 5) is 12.3. The summed E-state index contributed by atoms with van der Waals surface area (Å²) in [5, 5.41) is 3.48. The Hall–Kier alpha value is -1.99. The Kier molecular flexibility index (Phi) is 9.08. The first-order valence-electron chi connectivity index (χ1n) is 11.6. The van der Waals surface area contributed by atoms with Crippen molar-refractivity contribution in [1.29, 1.82) is 0 Å². The highest BCUT2D eigenvalue weighted by Gasteiger charge is 2.20. The van der Waals surface area contributed by atoms with Crippen LogP contribution in [0.2, 0.25) is 0 Å². The van der Waals surface area contributed by atoms with E-state index in [1.807, 2.05) is 6.07 Å². The minimum atomic E-state index is 0.333. The van der Waals surface area contributed by atoms with Crippen molar-refractivity contribution in [2.45, 2.75) is 40.2 Å². The lowest BCUT2D eigenvalue weighted by atomic mass is 10.1. The molecule has 3 rings (SSSR count). The smallest absolute Gasteiger partial charge is 0.231 e. The van der Waals surface area contributed by atoms with Crippen LogP contribution in [0.5, 0.6) is 11.5 Å². The predicted octanol–water partition coefficient (Wildman–Crippen LogP) is 2.62. The summed E-state index contributed by atoms with van der Waals surface area (Å²) in [6.45, 7) is 17.3. The molecule has 1 aromatic carbocycles. The van der Waals surface area contributed by atoms with E-state index in [9.17, 15) is 0 Å². The molecule has 2 aliphatic heterocycles. The van der Waals surface area contributed by atoms with E-state index in [0.717, 1.165) is 82.8 Å². The first-order valence-corrected chi connectivity index (χ1v) is 11.6. The molecule has 168 valence electrons. The van der Waals surface area contributed by atoms with E-state index < -0.39 is 0 Å². The summed E-state index contributed by atoms with van der Waals surface area (Å²) in [5.74, 6) is 2.80. The number of rotatable bonds is 10. The van der Waals surface area contributed by atoms with E-state index in [4.69, 9.17) is 14.5 Å². The van der Waals surface area contributed by atoms with Crippen molar-refractivity contribution in [3.63, 3.8) is 0 Å². The molecule has 0 saturated carbocycles. The van der Waals surface area contributed by atoms with Crippen molar-refractivity contribution in [1.82, 2.24) is 20.0 Å². The molecule has 0 atom stereocenters. The molecule has 0 aliphatic carbocycles. The molecule has 7 heteroatoms. The zero-order valence-electron chi connectivity index (χ0n) is 19.0. The quantitative estimate of drug-likeness (QED) is 0.359. The molecule has 2 aliphatic rings. The largest absolute Gasteiger partial charge is 0.454 e. The van der Waals surface area contributed by atoms with Crippen LogP contribution in [0.1, 0.15) is 39.2 Å². The Balaban J connectivity index is 1.43. The van der Waals surface area contributed by atoms with Crippen molar-refractivity contribution in [3.8, 4) is 11.5 Å². The van der Waals surface area contributed by atoms with Gasteiger partial charge in [-0.15, -0.1) is 0 Å². The zero-order chi connectivity index (χ0) is 21.2. The standard InChI is InChI=1S/C23H39N5O2/c1-4-24-23(25-11-7-8-12-26(5-2)6-3)28-15-13-27(14-16-28)18-20-9-10-21-22(17-20)30-19-29-21/h9-10,17H,4-8,11-16,18-19H2,1-3H3,(H,24,25). The average Bonchev–Trinajstić information content (AvgIpc) is 3.24. The van der Waals surface area contributed by atoms with Gasteiger partial charge < -0.3 is 24.6 Å². The third kappa shape index (κ3) is 6.51. The van der Waals surface area contributed by atoms with E-state index in [1.165, 1.54) is 18.5 Å².